The van der Waals surface area contributed by atoms with Gasteiger partial charge in [0.05, 0.1) is 18.7 Å². The highest BCUT2D eigenvalue weighted by Crippen LogP contribution is 2.28. The van der Waals surface area contributed by atoms with E-state index in [9.17, 15) is 4.79 Å². The first-order valence-electron chi connectivity index (χ1n) is 7.24. The highest BCUT2D eigenvalue weighted by atomic mass is 32.1. The summed E-state index contributed by atoms with van der Waals surface area (Å²) in [7, 11) is 1.58. The second-order valence-corrected chi connectivity index (χ2v) is 6.14. The smallest absolute Gasteiger partial charge is 0.258 e. The van der Waals surface area contributed by atoms with Crippen molar-refractivity contribution < 1.29 is 14.3 Å². The van der Waals surface area contributed by atoms with E-state index in [-0.39, 0.29) is 12.5 Å². The van der Waals surface area contributed by atoms with Gasteiger partial charge >= 0.3 is 0 Å². The molecule has 0 spiro atoms. The fourth-order valence-corrected chi connectivity index (χ4v) is 2.70. The number of amides is 1. The number of hydrogen-bond acceptors (Lipinski definition) is 5. The van der Waals surface area contributed by atoms with Gasteiger partial charge in [-0.1, -0.05) is 18.2 Å². The molecule has 0 aliphatic rings. The SMILES string of the molecule is CC=Cc1ccc(OCC(=O)NCc2cnc(C)s2)c(OC)c1. The van der Waals surface area contributed by atoms with Crippen molar-refractivity contribution in [2.45, 2.75) is 20.4 Å². The van der Waals surface area contributed by atoms with Crippen molar-refractivity contribution in [3.05, 3.63) is 45.9 Å². The van der Waals surface area contributed by atoms with Crippen LogP contribution in [0.1, 0.15) is 22.4 Å². The number of nitrogens with zero attached hydrogens (tertiary/aromatic N) is 1. The number of nitrogens with one attached hydrogen (secondary N) is 1. The summed E-state index contributed by atoms with van der Waals surface area (Å²) in [6.07, 6.45) is 5.68. The third-order valence-electron chi connectivity index (χ3n) is 3.03. The summed E-state index contributed by atoms with van der Waals surface area (Å²) in [5.41, 5.74) is 1.02. The minimum absolute atomic E-state index is 0.0584. The van der Waals surface area contributed by atoms with Crippen LogP contribution in [0.5, 0.6) is 11.5 Å². The van der Waals surface area contributed by atoms with Crippen molar-refractivity contribution in [3.63, 3.8) is 0 Å². The number of aromatic nitrogens is 1. The van der Waals surface area contributed by atoms with E-state index in [2.05, 4.69) is 10.3 Å². The maximum atomic E-state index is 11.9. The predicted octanol–water partition coefficient (Wildman–Crippen LogP) is 3.19. The summed E-state index contributed by atoms with van der Waals surface area (Å²) in [4.78, 5) is 17.0. The predicted molar refractivity (Wildman–Crippen MR) is 91.9 cm³/mol. The van der Waals surface area contributed by atoms with Crippen LogP contribution in [-0.2, 0) is 11.3 Å². The topological polar surface area (TPSA) is 60.5 Å². The molecule has 122 valence electrons. The first-order valence-corrected chi connectivity index (χ1v) is 8.05. The van der Waals surface area contributed by atoms with Crippen LogP contribution in [0.15, 0.2) is 30.5 Å². The number of rotatable bonds is 7. The van der Waals surface area contributed by atoms with Crippen LogP contribution in [0.3, 0.4) is 0 Å². The van der Waals surface area contributed by atoms with Gasteiger partial charge in [0.25, 0.3) is 5.91 Å². The maximum Gasteiger partial charge on any atom is 0.258 e. The molecule has 23 heavy (non-hydrogen) atoms. The van der Waals surface area contributed by atoms with E-state index in [1.165, 1.54) is 0 Å². The minimum Gasteiger partial charge on any atom is -0.493 e. The molecule has 0 atom stereocenters. The molecule has 0 bridgehead atoms. The zero-order valence-corrected chi connectivity index (χ0v) is 14.3. The summed E-state index contributed by atoms with van der Waals surface area (Å²) in [6.45, 7) is 4.29. The lowest BCUT2D eigenvalue weighted by molar-refractivity contribution is -0.123. The van der Waals surface area contributed by atoms with E-state index >= 15 is 0 Å². The molecule has 1 aromatic heterocycles. The molecule has 1 amide bonds. The number of aryl methyl sites for hydroxylation is 1. The zero-order valence-electron chi connectivity index (χ0n) is 13.5. The Morgan fingerprint density at radius 3 is 2.87 bits per heavy atom. The summed E-state index contributed by atoms with van der Waals surface area (Å²) >= 11 is 1.56. The van der Waals surface area contributed by atoms with Gasteiger partial charge in [-0.05, 0) is 31.5 Å². The van der Waals surface area contributed by atoms with E-state index in [0.29, 0.717) is 18.0 Å². The van der Waals surface area contributed by atoms with Crippen LogP contribution >= 0.6 is 11.3 Å². The van der Waals surface area contributed by atoms with Crippen molar-refractivity contribution in [1.82, 2.24) is 10.3 Å². The van der Waals surface area contributed by atoms with E-state index in [0.717, 1.165) is 15.4 Å². The fourth-order valence-electron chi connectivity index (χ4n) is 1.97. The van der Waals surface area contributed by atoms with Crippen molar-refractivity contribution in [2.75, 3.05) is 13.7 Å². The van der Waals surface area contributed by atoms with E-state index < -0.39 is 0 Å². The normalized spacial score (nSPS) is 10.7. The molecule has 1 N–H and O–H groups in total. The number of benzene rings is 1. The van der Waals surface area contributed by atoms with Gasteiger partial charge in [-0.3, -0.25) is 4.79 Å². The Hall–Kier alpha value is -2.34. The molecule has 0 aliphatic heterocycles. The summed E-state index contributed by atoms with van der Waals surface area (Å²) in [5, 5.41) is 3.79. The third kappa shape index (κ3) is 5.10. The minimum atomic E-state index is -0.185. The number of carbonyl (C=O) groups is 1. The molecule has 1 heterocycles. The number of methoxy groups -OCH3 is 1. The van der Waals surface area contributed by atoms with Gasteiger partial charge in [0.2, 0.25) is 0 Å². The fraction of sp³-hybridized carbons (Fsp3) is 0.294. The number of ether oxygens (including phenoxy) is 2. The second-order valence-electron chi connectivity index (χ2n) is 4.82. The molecule has 2 rings (SSSR count). The maximum absolute atomic E-state index is 11.9. The van der Waals surface area contributed by atoms with Crippen molar-refractivity contribution in [2.24, 2.45) is 0 Å². The molecule has 6 heteroatoms. The standard InChI is InChI=1S/C17H20N2O3S/c1-4-5-13-6-7-15(16(8-13)21-3)22-11-17(20)19-10-14-9-18-12(2)23-14/h4-9H,10-11H2,1-3H3,(H,19,20). The van der Waals surface area contributed by atoms with Gasteiger partial charge in [0, 0.05) is 11.1 Å². The quantitative estimate of drug-likeness (QED) is 0.846. The van der Waals surface area contributed by atoms with Crippen LogP contribution in [0.25, 0.3) is 6.08 Å². The highest BCUT2D eigenvalue weighted by Gasteiger charge is 2.08. The Kier molecular flexibility index (Phi) is 6.17. The molecular formula is C17H20N2O3S. The van der Waals surface area contributed by atoms with Crippen LogP contribution in [0.2, 0.25) is 0 Å². The third-order valence-corrected chi connectivity index (χ3v) is 3.95. The molecule has 5 nitrogen and oxygen atoms in total. The summed E-state index contributed by atoms with van der Waals surface area (Å²) in [6, 6.07) is 5.58. The lowest BCUT2D eigenvalue weighted by Gasteiger charge is -2.11. The van der Waals surface area contributed by atoms with Gasteiger partial charge in [-0.25, -0.2) is 4.98 Å². The molecule has 0 saturated heterocycles. The zero-order chi connectivity index (χ0) is 16.7. The number of carbonyl (C=O) groups excluding carboxylic acids is 1. The van der Waals surface area contributed by atoms with Gasteiger partial charge in [-0.2, -0.15) is 0 Å². The Morgan fingerprint density at radius 1 is 1.39 bits per heavy atom. The molecule has 0 radical (unpaired) electrons. The second kappa shape index (κ2) is 8.33. The first-order chi connectivity index (χ1) is 11.1. The Balaban J connectivity index is 1.88. The van der Waals surface area contributed by atoms with Crippen molar-refractivity contribution in [1.29, 1.82) is 0 Å². The van der Waals surface area contributed by atoms with Crippen LogP contribution in [-0.4, -0.2) is 24.6 Å². The lowest BCUT2D eigenvalue weighted by Crippen LogP contribution is -2.28. The van der Waals surface area contributed by atoms with Crippen LogP contribution in [0, 0.1) is 6.92 Å². The monoisotopic (exact) mass is 332 g/mol. The van der Waals surface area contributed by atoms with Crippen LogP contribution < -0.4 is 14.8 Å². The van der Waals surface area contributed by atoms with Crippen molar-refractivity contribution in [3.8, 4) is 11.5 Å². The van der Waals surface area contributed by atoms with Crippen LogP contribution in [0.4, 0.5) is 0 Å². The summed E-state index contributed by atoms with van der Waals surface area (Å²) in [5.74, 6) is 0.964. The molecule has 1 aromatic carbocycles. The molecule has 0 unspecified atom stereocenters. The number of allylic oxidation sites excluding steroid dienone is 1. The van der Waals surface area contributed by atoms with Crippen molar-refractivity contribution >= 4 is 23.3 Å². The molecule has 0 fully saturated rings. The van der Waals surface area contributed by atoms with E-state index in [4.69, 9.17) is 9.47 Å². The van der Waals surface area contributed by atoms with E-state index in [1.807, 2.05) is 38.1 Å². The van der Waals surface area contributed by atoms with E-state index in [1.54, 1.807) is 30.7 Å². The first kappa shape index (κ1) is 17.0. The van der Waals surface area contributed by atoms with Gasteiger partial charge in [0.15, 0.2) is 18.1 Å². The van der Waals surface area contributed by atoms with Gasteiger partial charge in [-0.15, -0.1) is 11.3 Å². The molecule has 0 saturated carbocycles. The lowest BCUT2D eigenvalue weighted by atomic mass is 10.2. The Labute approximate surface area is 140 Å². The average Bonchev–Trinajstić information content (AvgIpc) is 2.97. The van der Waals surface area contributed by atoms with Gasteiger partial charge < -0.3 is 14.8 Å². The number of thiazole rings is 1. The Bertz CT molecular complexity index is 695. The molecule has 2 aromatic rings. The molecular weight excluding hydrogens is 312 g/mol. The summed E-state index contributed by atoms with van der Waals surface area (Å²) < 4.78 is 10.8. The molecule has 0 aliphatic carbocycles. The van der Waals surface area contributed by atoms with Gasteiger partial charge in [0.1, 0.15) is 0 Å². The highest BCUT2D eigenvalue weighted by molar-refractivity contribution is 7.11. The largest absolute Gasteiger partial charge is 0.493 e. The number of hydrogen-bond donors (Lipinski definition) is 1. The average molecular weight is 332 g/mol. The Morgan fingerprint density at radius 2 is 2.22 bits per heavy atom.